The van der Waals surface area contributed by atoms with E-state index >= 15 is 0 Å². The smallest absolute Gasteiger partial charge is 0.307 e. The molecule has 2 unspecified atom stereocenters. The number of hydrogen-bond acceptors (Lipinski definition) is 1. The Hall–Kier alpha value is -1.31. The fourth-order valence-corrected chi connectivity index (χ4v) is 2.83. The van der Waals surface area contributed by atoms with Gasteiger partial charge in [0.2, 0.25) is 0 Å². The monoisotopic (exact) mass is 218 g/mol. The van der Waals surface area contributed by atoms with Crippen molar-refractivity contribution in [1.82, 2.24) is 0 Å². The first-order chi connectivity index (χ1) is 7.63. The third-order valence-corrected chi connectivity index (χ3v) is 3.67. The predicted molar refractivity (Wildman–Crippen MR) is 63.7 cm³/mol. The lowest BCUT2D eigenvalue weighted by molar-refractivity contribution is -0.142. The highest BCUT2D eigenvalue weighted by molar-refractivity contribution is 5.71. The van der Waals surface area contributed by atoms with E-state index in [9.17, 15) is 9.90 Å². The van der Waals surface area contributed by atoms with Crippen LogP contribution in [0, 0.1) is 12.8 Å². The maximum atomic E-state index is 11.2. The molecule has 86 valence electrons. The Labute approximate surface area is 96.3 Å². The molecule has 0 fully saturated rings. The molecule has 0 amide bonds. The molecule has 1 aromatic rings. The summed E-state index contributed by atoms with van der Waals surface area (Å²) >= 11 is 0. The molecule has 1 aliphatic rings. The van der Waals surface area contributed by atoms with E-state index < -0.39 is 5.97 Å². The van der Waals surface area contributed by atoms with Gasteiger partial charge in [0.25, 0.3) is 0 Å². The number of rotatable bonds is 3. The Morgan fingerprint density at radius 1 is 1.56 bits per heavy atom. The third kappa shape index (κ3) is 1.84. The first-order valence-electron chi connectivity index (χ1n) is 5.95. The number of aryl methyl sites for hydroxylation is 2. The molecule has 0 aliphatic heterocycles. The van der Waals surface area contributed by atoms with Gasteiger partial charge in [-0.2, -0.15) is 0 Å². The average Bonchev–Trinajstić information content (AvgIpc) is 2.62. The van der Waals surface area contributed by atoms with Crippen LogP contribution in [0.1, 0.15) is 42.4 Å². The van der Waals surface area contributed by atoms with E-state index in [0.717, 1.165) is 12.8 Å². The van der Waals surface area contributed by atoms with Crippen molar-refractivity contribution in [3.63, 3.8) is 0 Å². The van der Waals surface area contributed by atoms with Crippen molar-refractivity contribution in [3.05, 3.63) is 34.9 Å². The summed E-state index contributed by atoms with van der Waals surface area (Å²) in [6.07, 6.45) is 2.74. The number of fused-ring (bicyclic) bond motifs is 1. The molecule has 0 radical (unpaired) electrons. The summed E-state index contributed by atoms with van der Waals surface area (Å²) in [5.41, 5.74) is 3.88. The summed E-state index contributed by atoms with van der Waals surface area (Å²) in [6.45, 7) is 4.05. The molecule has 2 heteroatoms. The van der Waals surface area contributed by atoms with Crippen LogP contribution in [-0.2, 0) is 11.2 Å². The Balaban J connectivity index is 2.32. The fraction of sp³-hybridized carbons (Fsp3) is 0.500. The van der Waals surface area contributed by atoms with E-state index in [0.29, 0.717) is 6.42 Å². The van der Waals surface area contributed by atoms with Gasteiger partial charge in [0.05, 0.1) is 5.92 Å². The van der Waals surface area contributed by atoms with E-state index in [4.69, 9.17) is 0 Å². The van der Waals surface area contributed by atoms with Crippen LogP contribution in [0.4, 0.5) is 0 Å². The molecule has 2 rings (SSSR count). The topological polar surface area (TPSA) is 37.3 Å². The first-order valence-corrected chi connectivity index (χ1v) is 5.95. The Bertz CT molecular complexity index is 409. The maximum Gasteiger partial charge on any atom is 0.307 e. The van der Waals surface area contributed by atoms with E-state index in [1.807, 2.05) is 6.92 Å². The number of hydrogen-bond donors (Lipinski definition) is 1. The largest absolute Gasteiger partial charge is 0.481 e. The van der Waals surface area contributed by atoms with E-state index in [1.165, 1.54) is 16.7 Å². The molecule has 2 nitrogen and oxygen atoms in total. The van der Waals surface area contributed by atoms with Crippen molar-refractivity contribution in [2.75, 3.05) is 0 Å². The van der Waals surface area contributed by atoms with Gasteiger partial charge in [-0.15, -0.1) is 0 Å². The summed E-state index contributed by atoms with van der Waals surface area (Å²) in [4.78, 5) is 11.2. The zero-order valence-electron chi connectivity index (χ0n) is 9.86. The van der Waals surface area contributed by atoms with Crippen molar-refractivity contribution in [1.29, 1.82) is 0 Å². The maximum absolute atomic E-state index is 11.2. The van der Waals surface area contributed by atoms with E-state index in [-0.39, 0.29) is 11.8 Å². The highest BCUT2D eigenvalue weighted by Gasteiger charge is 2.32. The highest BCUT2D eigenvalue weighted by atomic mass is 16.4. The van der Waals surface area contributed by atoms with Gasteiger partial charge in [-0.25, -0.2) is 0 Å². The number of aliphatic carboxylic acids is 1. The zero-order chi connectivity index (χ0) is 11.7. The number of carboxylic acid groups (broad SMARTS) is 1. The van der Waals surface area contributed by atoms with Crippen molar-refractivity contribution in [3.8, 4) is 0 Å². The molecule has 1 N–H and O–H groups in total. The van der Waals surface area contributed by atoms with Crippen LogP contribution in [0.2, 0.25) is 0 Å². The lowest BCUT2D eigenvalue weighted by Crippen LogP contribution is -2.19. The summed E-state index contributed by atoms with van der Waals surface area (Å²) < 4.78 is 0. The first kappa shape index (κ1) is 11.2. The zero-order valence-corrected chi connectivity index (χ0v) is 9.86. The van der Waals surface area contributed by atoms with Gasteiger partial charge >= 0.3 is 5.97 Å². The standard InChI is InChI=1S/C14H18O2/c1-3-11(14(15)16)13-7-5-10-8-9(2)4-6-12(10)13/h4,6,8,11,13H,3,5,7H2,1-2H3,(H,15,16). The Morgan fingerprint density at radius 3 is 2.94 bits per heavy atom. The molecule has 1 aromatic carbocycles. The minimum Gasteiger partial charge on any atom is -0.481 e. The molecular weight excluding hydrogens is 200 g/mol. The minimum absolute atomic E-state index is 0.219. The van der Waals surface area contributed by atoms with Crippen LogP contribution in [0.15, 0.2) is 18.2 Å². The average molecular weight is 218 g/mol. The van der Waals surface area contributed by atoms with Gasteiger partial charge in [0, 0.05) is 0 Å². The van der Waals surface area contributed by atoms with Crippen molar-refractivity contribution in [2.24, 2.45) is 5.92 Å². The highest BCUT2D eigenvalue weighted by Crippen LogP contribution is 2.40. The summed E-state index contributed by atoms with van der Waals surface area (Å²) in [5.74, 6) is -0.650. The molecule has 0 bridgehead atoms. The Kier molecular flexibility index (Phi) is 2.99. The summed E-state index contributed by atoms with van der Waals surface area (Å²) in [7, 11) is 0. The van der Waals surface area contributed by atoms with Gasteiger partial charge in [-0.1, -0.05) is 30.7 Å². The molecule has 0 heterocycles. The summed E-state index contributed by atoms with van der Waals surface area (Å²) in [6, 6.07) is 6.41. The molecule has 16 heavy (non-hydrogen) atoms. The third-order valence-electron chi connectivity index (χ3n) is 3.67. The van der Waals surface area contributed by atoms with Crippen LogP contribution in [0.5, 0.6) is 0 Å². The van der Waals surface area contributed by atoms with Crippen LogP contribution in [0.3, 0.4) is 0 Å². The number of benzene rings is 1. The predicted octanol–water partition coefficient (Wildman–Crippen LogP) is 3.14. The second-order valence-electron chi connectivity index (χ2n) is 4.70. The minimum atomic E-state index is -0.652. The van der Waals surface area contributed by atoms with Gasteiger partial charge in [-0.3, -0.25) is 4.79 Å². The molecular formula is C14H18O2. The van der Waals surface area contributed by atoms with Crippen molar-refractivity contribution in [2.45, 2.75) is 39.0 Å². The SMILES string of the molecule is CCC(C(=O)O)C1CCc2cc(C)ccc21. The van der Waals surface area contributed by atoms with E-state index in [1.54, 1.807) is 0 Å². The van der Waals surface area contributed by atoms with Gasteiger partial charge in [0.15, 0.2) is 0 Å². The van der Waals surface area contributed by atoms with Crippen LogP contribution in [-0.4, -0.2) is 11.1 Å². The van der Waals surface area contributed by atoms with E-state index in [2.05, 4.69) is 25.1 Å². The molecule has 0 saturated heterocycles. The Morgan fingerprint density at radius 2 is 2.31 bits per heavy atom. The molecule has 1 aliphatic carbocycles. The van der Waals surface area contributed by atoms with Gasteiger partial charge in [0.1, 0.15) is 0 Å². The normalized spacial score (nSPS) is 20.5. The second-order valence-corrected chi connectivity index (χ2v) is 4.70. The van der Waals surface area contributed by atoms with Gasteiger partial charge < -0.3 is 5.11 Å². The molecule has 0 saturated carbocycles. The lowest BCUT2D eigenvalue weighted by atomic mass is 9.85. The van der Waals surface area contributed by atoms with Crippen molar-refractivity contribution >= 4 is 5.97 Å². The second kappa shape index (κ2) is 4.28. The molecule has 0 spiro atoms. The van der Waals surface area contributed by atoms with Crippen LogP contribution in [0.25, 0.3) is 0 Å². The lowest BCUT2D eigenvalue weighted by Gasteiger charge is -2.19. The fourth-order valence-electron chi connectivity index (χ4n) is 2.83. The molecule has 2 atom stereocenters. The number of carboxylic acids is 1. The quantitative estimate of drug-likeness (QED) is 0.846. The van der Waals surface area contributed by atoms with Crippen LogP contribution >= 0.6 is 0 Å². The van der Waals surface area contributed by atoms with Crippen LogP contribution < -0.4 is 0 Å². The van der Waals surface area contributed by atoms with Gasteiger partial charge in [-0.05, 0) is 43.2 Å². The number of carbonyl (C=O) groups is 1. The summed E-state index contributed by atoms with van der Waals surface area (Å²) in [5, 5.41) is 9.21. The van der Waals surface area contributed by atoms with Crippen molar-refractivity contribution < 1.29 is 9.90 Å². The molecule has 0 aromatic heterocycles.